The van der Waals surface area contributed by atoms with Gasteiger partial charge in [-0.25, -0.2) is 9.37 Å². The number of nitrogens with zero attached hydrogens (tertiary/aromatic N) is 3. The molecule has 22 heavy (non-hydrogen) atoms. The third-order valence-corrected chi connectivity index (χ3v) is 4.31. The second kappa shape index (κ2) is 6.46. The third-order valence-electron chi connectivity index (χ3n) is 2.99. The Balaban J connectivity index is 2.02. The van der Waals surface area contributed by atoms with Crippen molar-refractivity contribution < 1.29 is 9.13 Å². The van der Waals surface area contributed by atoms with Crippen molar-refractivity contribution in [1.29, 1.82) is 0 Å². The normalized spacial score (nSPS) is 10.9. The molecular formula is C15H11ClFN3OS. The van der Waals surface area contributed by atoms with E-state index in [-0.39, 0.29) is 16.7 Å². The van der Waals surface area contributed by atoms with Crippen LogP contribution in [0, 0.1) is 5.82 Å². The van der Waals surface area contributed by atoms with E-state index in [1.165, 1.54) is 25.1 Å². The quantitative estimate of drug-likeness (QED) is 0.408. The van der Waals surface area contributed by atoms with Crippen LogP contribution in [0.2, 0.25) is 5.15 Å². The van der Waals surface area contributed by atoms with Gasteiger partial charge in [0.15, 0.2) is 11.0 Å². The van der Waals surface area contributed by atoms with Gasteiger partial charge in [-0.15, -0.1) is 11.8 Å². The monoisotopic (exact) mass is 335 g/mol. The second-order valence-corrected chi connectivity index (χ2v) is 5.74. The first kappa shape index (κ1) is 15.0. The summed E-state index contributed by atoms with van der Waals surface area (Å²) >= 11 is 7.18. The molecule has 112 valence electrons. The summed E-state index contributed by atoms with van der Waals surface area (Å²) in [5.41, 5.74) is 1.25. The number of pyridine rings is 1. The lowest BCUT2D eigenvalue weighted by Gasteiger charge is -2.08. The maximum absolute atomic E-state index is 14.1. The van der Waals surface area contributed by atoms with Gasteiger partial charge >= 0.3 is 6.01 Å². The molecular weight excluding hydrogens is 325 g/mol. The van der Waals surface area contributed by atoms with Gasteiger partial charge in [0.1, 0.15) is 10.5 Å². The van der Waals surface area contributed by atoms with Crippen LogP contribution in [0.5, 0.6) is 6.01 Å². The Morgan fingerprint density at radius 1 is 1.23 bits per heavy atom. The highest BCUT2D eigenvalue weighted by atomic mass is 35.5. The fraction of sp³-hybridized carbons (Fsp3) is 0.133. The SMILES string of the molecule is COc1nc(SCc2ccccc2)c2cnc(Cl)c(F)c2n1. The Morgan fingerprint density at radius 2 is 2.00 bits per heavy atom. The molecule has 0 saturated carbocycles. The van der Waals surface area contributed by atoms with Crippen molar-refractivity contribution in [2.75, 3.05) is 7.11 Å². The van der Waals surface area contributed by atoms with Gasteiger partial charge in [0.05, 0.1) is 12.5 Å². The summed E-state index contributed by atoms with van der Waals surface area (Å²) in [5, 5.41) is 0.907. The zero-order valence-electron chi connectivity index (χ0n) is 11.6. The topological polar surface area (TPSA) is 47.9 Å². The minimum atomic E-state index is -0.665. The molecule has 2 aromatic heterocycles. The zero-order chi connectivity index (χ0) is 15.5. The number of thioether (sulfide) groups is 1. The summed E-state index contributed by atoms with van der Waals surface area (Å²) in [6.07, 6.45) is 1.48. The maximum Gasteiger partial charge on any atom is 0.317 e. The van der Waals surface area contributed by atoms with Crippen molar-refractivity contribution >= 4 is 34.3 Å². The minimum Gasteiger partial charge on any atom is -0.467 e. The van der Waals surface area contributed by atoms with E-state index < -0.39 is 5.82 Å². The van der Waals surface area contributed by atoms with Gasteiger partial charge < -0.3 is 4.74 Å². The molecule has 0 fully saturated rings. The van der Waals surface area contributed by atoms with Crippen molar-refractivity contribution in [2.24, 2.45) is 0 Å². The van der Waals surface area contributed by atoms with Crippen molar-refractivity contribution in [3.05, 3.63) is 53.1 Å². The summed E-state index contributed by atoms with van der Waals surface area (Å²) in [6, 6.07) is 10.0. The fourth-order valence-electron chi connectivity index (χ4n) is 1.92. The van der Waals surface area contributed by atoms with Gasteiger partial charge in [-0.3, -0.25) is 0 Å². The molecule has 7 heteroatoms. The smallest absolute Gasteiger partial charge is 0.317 e. The van der Waals surface area contributed by atoms with Crippen LogP contribution in [0.4, 0.5) is 4.39 Å². The number of rotatable bonds is 4. The lowest BCUT2D eigenvalue weighted by molar-refractivity contribution is 0.378. The summed E-state index contributed by atoms with van der Waals surface area (Å²) in [6.45, 7) is 0. The van der Waals surface area contributed by atoms with Gasteiger partial charge in [0.25, 0.3) is 0 Å². The molecule has 3 rings (SSSR count). The number of hydrogen-bond acceptors (Lipinski definition) is 5. The van der Waals surface area contributed by atoms with Gasteiger partial charge in [0.2, 0.25) is 0 Å². The summed E-state index contributed by atoms with van der Waals surface area (Å²) in [7, 11) is 1.44. The molecule has 0 spiro atoms. The van der Waals surface area contributed by atoms with E-state index in [4.69, 9.17) is 16.3 Å². The summed E-state index contributed by atoms with van der Waals surface area (Å²) in [5.74, 6) is 0.0295. The zero-order valence-corrected chi connectivity index (χ0v) is 13.2. The molecule has 3 aromatic rings. The largest absolute Gasteiger partial charge is 0.467 e. The molecule has 0 atom stereocenters. The van der Waals surface area contributed by atoms with E-state index >= 15 is 0 Å². The summed E-state index contributed by atoms with van der Waals surface area (Å²) < 4.78 is 19.2. The molecule has 0 aliphatic carbocycles. The number of methoxy groups -OCH3 is 1. The van der Waals surface area contributed by atoms with E-state index in [0.29, 0.717) is 16.2 Å². The van der Waals surface area contributed by atoms with Crippen LogP contribution >= 0.6 is 23.4 Å². The highest BCUT2D eigenvalue weighted by Crippen LogP contribution is 2.31. The molecule has 0 N–H and O–H groups in total. The Kier molecular flexibility index (Phi) is 4.40. The van der Waals surface area contributed by atoms with Crippen LogP contribution in [0.3, 0.4) is 0 Å². The predicted molar refractivity (Wildman–Crippen MR) is 84.9 cm³/mol. The highest BCUT2D eigenvalue weighted by Gasteiger charge is 2.15. The second-order valence-electron chi connectivity index (χ2n) is 4.42. The van der Waals surface area contributed by atoms with E-state index in [1.54, 1.807) is 0 Å². The lowest BCUT2D eigenvalue weighted by atomic mass is 10.2. The van der Waals surface area contributed by atoms with Crippen molar-refractivity contribution in [1.82, 2.24) is 15.0 Å². The predicted octanol–water partition coefficient (Wildman–Crippen LogP) is 4.12. The van der Waals surface area contributed by atoms with E-state index in [9.17, 15) is 4.39 Å². The Bertz CT molecular complexity index is 817. The molecule has 2 heterocycles. The van der Waals surface area contributed by atoms with Crippen LogP contribution in [-0.2, 0) is 5.75 Å². The Labute approximate surface area is 135 Å². The molecule has 0 unspecified atom stereocenters. The van der Waals surface area contributed by atoms with Gasteiger partial charge in [-0.1, -0.05) is 41.9 Å². The third kappa shape index (κ3) is 2.98. The van der Waals surface area contributed by atoms with E-state index in [0.717, 1.165) is 5.56 Å². The highest BCUT2D eigenvalue weighted by molar-refractivity contribution is 7.98. The number of hydrogen-bond donors (Lipinski definition) is 0. The molecule has 1 aromatic carbocycles. The van der Waals surface area contributed by atoms with Crippen molar-refractivity contribution in [2.45, 2.75) is 10.8 Å². The Morgan fingerprint density at radius 3 is 2.73 bits per heavy atom. The van der Waals surface area contributed by atoms with E-state index in [1.807, 2.05) is 30.3 Å². The molecule has 0 amide bonds. The molecule has 0 aliphatic rings. The van der Waals surface area contributed by atoms with Crippen LogP contribution in [0.1, 0.15) is 5.56 Å². The van der Waals surface area contributed by atoms with Crippen LogP contribution in [-0.4, -0.2) is 22.1 Å². The molecule has 0 bridgehead atoms. The van der Waals surface area contributed by atoms with Crippen LogP contribution in [0.25, 0.3) is 10.9 Å². The average molecular weight is 336 g/mol. The fourth-order valence-corrected chi connectivity index (χ4v) is 3.00. The molecule has 0 saturated heterocycles. The van der Waals surface area contributed by atoms with Crippen molar-refractivity contribution in [3.8, 4) is 6.01 Å². The van der Waals surface area contributed by atoms with Crippen LogP contribution in [0.15, 0.2) is 41.6 Å². The standard InChI is InChI=1S/C15H11ClFN3OS/c1-21-15-19-12-10(7-18-13(16)11(12)17)14(20-15)22-8-9-5-3-2-4-6-9/h2-7H,8H2,1H3. The number of halogens is 2. The number of ether oxygens (including phenoxy) is 1. The molecule has 0 radical (unpaired) electrons. The van der Waals surface area contributed by atoms with Gasteiger partial charge in [-0.05, 0) is 5.56 Å². The van der Waals surface area contributed by atoms with Crippen LogP contribution < -0.4 is 4.74 Å². The first-order chi connectivity index (χ1) is 10.7. The number of fused-ring (bicyclic) bond motifs is 1. The lowest BCUT2D eigenvalue weighted by Crippen LogP contribution is -1.98. The van der Waals surface area contributed by atoms with E-state index in [2.05, 4.69) is 15.0 Å². The minimum absolute atomic E-state index is 0.101. The van der Waals surface area contributed by atoms with Crippen molar-refractivity contribution in [3.63, 3.8) is 0 Å². The van der Waals surface area contributed by atoms with Gasteiger partial charge in [0, 0.05) is 11.9 Å². The summed E-state index contributed by atoms with van der Waals surface area (Å²) in [4.78, 5) is 12.1. The Hall–Kier alpha value is -1.92. The first-order valence-corrected chi connectivity index (χ1v) is 7.78. The molecule has 4 nitrogen and oxygen atoms in total. The molecule has 0 aliphatic heterocycles. The first-order valence-electron chi connectivity index (χ1n) is 6.41. The average Bonchev–Trinajstić information content (AvgIpc) is 2.57. The maximum atomic E-state index is 14.1. The van der Waals surface area contributed by atoms with Gasteiger partial charge in [-0.2, -0.15) is 9.97 Å². The number of aromatic nitrogens is 3. The number of benzene rings is 1.